The number of para-hydroxylation sites is 1. The number of rotatable bonds is 5. The summed E-state index contributed by atoms with van der Waals surface area (Å²) in [4.78, 5) is 4.59. The second kappa shape index (κ2) is 6.69. The van der Waals surface area contributed by atoms with Crippen molar-refractivity contribution in [1.29, 1.82) is 0 Å². The molecule has 0 aliphatic carbocycles. The summed E-state index contributed by atoms with van der Waals surface area (Å²) >= 11 is 5.28. The molecule has 1 aromatic carbocycles. The molecule has 0 saturated carbocycles. The number of benzene rings is 1. The van der Waals surface area contributed by atoms with Gasteiger partial charge in [-0.1, -0.05) is 25.1 Å². The number of hydrogen-bond acceptors (Lipinski definition) is 3. The fourth-order valence-corrected chi connectivity index (χ4v) is 3.64. The highest BCUT2D eigenvalue weighted by Crippen LogP contribution is 2.30. The highest BCUT2D eigenvalue weighted by atomic mass is 79.9. The molecule has 0 bridgehead atoms. The maximum Gasteiger partial charge on any atom is 0.0702 e. The average molecular weight is 361 g/mol. The summed E-state index contributed by atoms with van der Waals surface area (Å²) in [7, 11) is 0. The third-order valence-electron chi connectivity index (χ3n) is 3.46. The Morgan fingerprint density at radius 3 is 2.86 bits per heavy atom. The topological polar surface area (TPSA) is 24.9 Å². The van der Waals surface area contributed by atoms with Gasteiger partial charge in [0.1, 0.15) is 0 Å². The van der Waals surface area contributed by atoms with E-state index >= 15 is 0 Å². The Balaban J connectivity index is 2.00. The number of thiophene rings is 1. The summed E-state index contributed by atoms with van der Waals surface area (Å²) < 4.78 is 1.16. The number of nitrogens with one attached hydrogen (secondary N) is 1. The summed E-state index contributed by atoms with van der Waals surface area (Å²) in [5.74, 6) is 0. The van der Waals surface area contributed by atoms with Gasteiger partial charge in [0.05, 0.1) is 15.3 Å². The zero-order chi connectivity index (χ0) is 14.7. The fourth-order valence-electron chi connectivity index (χ4n) is 2.44. The molecular weight excluding hydrogens is 344 g/mol. The summed E-state index contributed by atoms with van der Waals surface area (Å²) in [6, 6.07) is 12.9. The van der Waals surface area contributed by atoms with Gasteiger partial charge in [-0.3, -0.25) is 4.98 Å². The van der Waals surface area contributed by atoms with Crippen molar-refractivity contribution in [1.82, 2.24) is 10.3 Å². The molecule has 2 aromatic heterocycles. The number of hydrogen-bond donors (Lipinski definition) is 1. The monoisotopic (exact) mass is 360 g/mol. The smallest absolute Gasteiger partial charge is 0.0702 e. The molecule has 0 aliphatic rings. The zero-order valence-electron chi connectivity index (χ0n) is 11.8. The molecule has 108 valence electrons. The third kappa shape index (κ3) is 3.34. The van der Waals surface area contributed by atoms with Crippen molar-refractivity contribution < 1.29 is 0 Å². The van der Waals surface area contributed by atoms with E-state index in [1.807, 2.05) is 12.3 Å². The van der Waals surface area contributed by atoms with Crippen LogP contribution in [0.3, 0.4) is 0 Å². The molecule has 1 N–H and O–H groups in total. The van der Waals surface area contributed by atoms with Crippen molar-refractivity contribution >= 4 is 38.2 Å². The lowest BCUT2D eigenvalue weighted by molar-refractivity contribution is 0.599. The summed E-state index contributed by atoms with van der Waals surface area (Å²) in [6.45, 7) is 3.18. The van der Waals surface area contributed by atoms with Gasteiger partial charge in [-0.2, -0.15) is 0 Å². The lowest BCUT2D eigenvalue weighted by Gasteiger charge is -2.18. The standard InChI is InChI=1S/C17H17BrN2S/c1-2-7-19-17(14-9-16(18)21-11-14)13-8-12-5-3-4-6-15(12)20-10-13/h3-6,8-11,17,19H,2,7H2,1H3. The van der Waals surface area contributed by atoms with E-state index in [1.54, 1.807) is 11.3 Å². The van der Waals surface area contributed by atoms with E-state index in [4.69, 9.17) is 0 Å². The van der Waals surface area contributed by atoms with E-state index in [9.17, 15) is 0 Å². The van der Waals surface area contributed by atoms with Crippen LogP contribution in [0.5, 0.6) is 0 Å². The first-order valence-corrected chi connectivity index (χ1v) is 8.77. The lowest BCUT2D eigenvalue weighted by Crippen LogP contribution is -2.22. The van der Waals surface area contributed by atoms with Gasteiger partial charge in [0.25, 0.3) is 0 Å². The second-order valence-corrected chi connectivity index (χ2v) is 7.32. The molecular formula is C17H17BrN2S. The molecule has 2 heterocycles. The predicted octanol–water partition coefficient (Wildman–Crippen LogP) is 5.15. The van der Waals surface area contributed by atoms with Gasteiger partial charge in [-0.05, 0) is 63.6 Å². The van der Waals surface area contributed by atoms with Gasteiger partial charge in [-0.15, -0.1) is 11.3 Å². The maximum absolute atomic E-state index is 4.59. The van der Waals surface area contributed by atoms with Crippen molar-refractivity contribution in [3.63, 3.8) is 0 Å². The number of fused-ring (bicyclic) bond motifs is 1. The van der Waals surface area contributed by atoms with E-state index in [2.05, 4.69) is 68.9 Å². The van der Waals surface area contributed by atoms with Crippen molar-refractivity contribution in [2.24, 2.45) is 0 Å². The normalized spacial score (nSPS) is 12.7. The molecule has 1 atom stereocenters. The van der Waals surface area contributed by atoms with Crippen LogP contribution < -0.4 is 5.32 Å². The minimum atomic E-state index is 0.199. The lowest BCUT2D eigenvalue weighted by atomic mass is 10.0. The van der Waals surface area contributed by atoms with Crippen LogP contribution in [0.2, 0.25) is 0 Å². The molecule has 21 heavy (non-hydrogen) atoms. The Kier molecular flexibility index (Phi) is 4.68. The minimum Gasteiger partial charge on any atom is -0.306 e. The molecule has 0 radical (unpaired) electrons. The van der Waals surface area contributed by atoms with Crippen LogP contribution in [0.25, 0.3) is 10.9 Å². The number of aromatic nitrogens is 1. The van der Waals surface area contributed by atoms with Gasteiger partial charge >= 0.3 is 0 Å². The molecule has 3 rings (SSSR count). The molecule has 0 aliphatic heterocycles. The Labute approximate surface area is 137 Å². The molecule has 2 nitrogen and oxygen atoms in total. The Hall–Kier alpha value is -1.23. The van der Waals surface area contributed by atoms with Crippen molar-refractivity contribution in [2.45, 2.75) is 19.4 Å². The quantitative estimate of drug-likeness (QED) is 0.680. The number of pyridine rings is 1. The largest absolute Gasteiger partial charge is 0.306 e. The van der Waals surface area contributed by atoms with Crippen molar-refractivity contribution in [3.8, 4) is 0 Å². The van der Waals surface area contributed by atoms with Gasteiger partial charge in [0, 0.05) is 11.6 Å². The second-order valence-electron chi connectivity index (χ2n) is 5.03. The first kappa shape index (κ1) is 14.7. The van der Waals surface area contributed by atoms with E-state index in [-0.39, 0.29) is 6.04 Å². The van der Waals surface area contributed by atoms with Gasteiger partial charge < -0.3 is 5.32 Å². The van der Waals surface area contributed by atoms with Crippen LogP contribution in [-0.2, 0) is 0 Å². The fraction of sp³-hybridized carbons (Fsp3) is 0.235. The van der Waals surface area contributed by atoms with Crippen molar-refractivity contribution in [3.05, 3.63) is 62.9 Å². The number of nitrogens with zero attached hydrogens (tertiary/aromatic N) is 1. The third-order valence-corrected chi connectivity index (χ3v) is 4.99. The molecule has 3 aromatic rings. The molecule has 0 amide bonds. The maximum atomic E-state index is 4.59. The summed E-state index contributed by atoms with van der Waals surface area (Å²) in [5.41, 5.74) is 3.55. The highest BCUT2D eigenvalue weighted by molar-refractivity contribution is 9.11. The number of halogens is 1. The van der Waals surface area contributed by atoms with E-state index in [0.717, 1.165) is 22.3 Å². The van der Waals surface area contributed by atoms with Gasteiger partial charge in [0.15, 0.2) is 0 Å². The SMILES string of the molecule is CCCNC(c1csc(Br)c1)c1cnc2ccccc2c1. The molecule has 0 spiro atoms. The Morgan fingerprint density at radius 1 is 1.24 bits per heavy atom. The molecule has 1 unspecified atom stereocenters. The summed E-state index contributed by atoms with van der Waals surface area (Å²) in [6.07, 6.45) is 3.10. The van der Waals surface area contributed by atoms with Gasteiger partial charge in [-0.25, -0.2) is 0 Å². The first-order chi connectivity index (χ1) is 10.3. The average Bonchev–Trinajstić information content (AvgIpc) is 2.94. The first-order valence-electron chi connectivity index (χ1n) is 7.10. The van der Waals surface area contributed by atoms with E-state index in [1.165, 1.54) is 16.5 Å². The van der Waals surface area contributed by atoms with Crippen LogP contribution in [0, 0.1) is 0 Å². The zero-order valence-corrected chi connectivity index (χ0v) is 14.2. The van der Waals surface area contributed by atoms with Crippen LogP contribution in [0.15, 0.2) is 51.8 Å². The molecule has 4 heteroatoms. The molecule has 0 saturated heterocycles. The van der Waals surface area contributed by atoms with Crippen LogP contribution in [-0.4, -0.2) is 11.5 Å². The molecule has 0 fully saturated rings. The highest BCUT2D eigenvalue weighted by Gasteiger charge is 2.15. The predicted molar refractivity (Wildman–Crippen MR) is 93.9 cm³/mol. The van der Waals surface area contributed by atoms with E-state index in [0.29, 0.717) is 0 Å². The Morgan fingerprint density at radius 2 is 2.10 bits per heavy atom. The van der Waals surface area contributed by atoms with E-state index < -0.39 is 0 Å². The van der Waals surface area contributed by atoms with Gasteiger partial charge in [0.2, 0.25) is 0 Å². The van der Waals surface area contributed by atoms with Crippen LogP contribution >= 0.6 is 27.3 Å². The van der Waals surface area contributed by atoms with Crippen LogP contribution in [0.1, 0.15) is 30.5 Å². The Bertz CT molecular complexity index is 738. The van der Waals surface area contributed by atoms with Crippen molar-refractivity contribution in [2.75, 3.05) is 6.54 Å². The van der Waals surface area contributed by atoms with Crippen LogP contribution in [0.4, 0.5) is 0 Å². The summed E-state index contributed by atoms with van der Waals surface area (Å²) in [5, 5.41) is 7.01. The minimum absolute atomic E-state index is 0.199.